The van der Waals surface area contributed by atoms with E-state index in [2.05, 4.69) is 5.10 Å². The average molecular weight is 350 g/mol. The van der Waals surface area contributed by atoms with Gasteiger partial charge in [0.15, 0.2) is 0 Å². The highest BCUT2D eigenvalue weighted by atomic mass is 16.5. The molecule has 0 saturated heterocycles. The van der Waals surface area contributed by atoms with Crippen LogP contribution in [0.1, 0.15) is 19.9 Å². The molecular formula is C21H22N2O3. The largest absolute Gasteiger partial charge is 0.497 e. The molecule has 0 aliphatic carbocycles. The zero-order chi connectivity index (χ0) is 18.7. The van der Waals surface area contributed by atoms with Crippen LogP contribution in [0.25, 0.3) is 22.3 Å². The smallest absolute Gasteiger partial charge is 0.275 e. The van der Waals surface area contributed by atoms with E-state index in [0.29, 0.717) is 5.56 Å². The van der Waals surface area contributed by atoms with Gasteiger partial charge >= 0.3 is 0 Å². The number of rotatable bonds is 5. The summed E-state index contributed by atoms with van der Waals surface area (Å²) in [5, 5.41) is 4.36. The molecule has 1 aromatic heterocycles. The van der Waals surface area contributed by atoms with Gasteiger partial charge in [0, 0.05) is 5.56 Å². The molecule has 0 bridgehead atoms. The molecule has 0 fully saturated rings. The second kappa shape index (κ2) is 7.44. The summed E-state index contributed by atoms with van der Waals surface area (Å²) in [6.45, 7) is 3.89. The van der Waals surface area contributed by atoms with Gasteiger partial charge in [-0.25, -0.2) is 4.68 Å². The molecule has 134 valence electrons. The molecule has 3 rings (SSSR count). The van der Waals surface area contributed by atoms with E-state index in [0.717, 1.165) is 28.2 Å². The molecule has 1 heterocycles. The Kier molecular flexibility index (Phi) is 5.07. The quantitative estimate of drug-likeness (QED) is 0.693. The van der Waals surface area contributed by atoms with Crippen LogP contribution in [-0.2, 0) is 0 Å². The van der Waals surface area contributed by atoms with Crippen molar-refractivity contribution in [1.82, 2.24) is 9.78 Å². The SMILES string of the molecule is COc1ccc(-c2cnn(C(C)C)c(=O)c2-c2ccc(OC)cc2)cc1. The van der Waals surface area contributed by atoms with Gasteiger partial charge in [-0.3, -0.25) is 4.79 Å². The van der Waals surface area contributed by atoms with Gasteiger partial charge < -0.3 is 9.47 Å². The van der Waals surface area contributed by atoms with Gasteiger partial charge in [-0.1, -0.05) is 24.3 Å². The first-order valence-corrected chi connectivity index (χ1v) is 8.45. The molecule has 3 aromatic rings. The van der Waals surface area contributed by atoms with E-state index in [1.807, 2.05) is 62.4 Å². The number of ether oxygens (including phenoxy) is 2. The summed E-state index contributed by atoms with van der Waals surface area (Å²) in [5.74, 6) is 1.52. The highest BCUT2D eigenvalue weighted by Gasteiger charge is 2.16. The Morgan fingerprint density at radius 2 is 1.35 bits per heavy atom. The Hall–Kier alpha value is -3.08. The Morgan fingerprint density at radius 1 is 0.846 bits per heavy atom. The van der Waals surface area contributed by atoms with Crippen LogP contribution in [0.15, 0.2) is 59.5 Å². The average Bonchev–Trinajstić information content (AvgIpc) is 2.67. The van der Waals surface area contributed by atoms with Crippen LogP contribution in [-0.4, -0.2) is 24.0 Å². The number of methoxy groups -OCH3 is 2. The topological polar surface area (TPSA) is 53.4 Å². The molecular weight excluding hydrogens is 328 g/mol. The van der Waals surface area contributed by atoms with Crippen molar-refractivity contribution in [1.29, 1.82) is 0 Å². The number of hydrogen-bond donors (Lipinski definition) is 0. The first-order valence-electron chi connectivity index (χ1n) is 8.45. The minimum absolute atomic E-state index is 0.0237. The fourth-order valence-corrected chi connectivity index (χ4v) is 2.86. The van der Waals surface area contributed by atoms with Gasteiger partial charge in [-0.15, -0.1) is 0 Å². The number of benzene rings is 2. The Morgan fingerprint density at radius 3 is 1.81 bits per heavy atom. The zero-order valence-corrected chi connectivity index (χ0v) is 15.4. The van der Waals surface area contributed by atoms with E-state index in [1.54, 1.807) is 20.4 Å². The Bertz CT molecular complexity index is 942. The molecule has 0 aliphatic heterocycles. The molecule has 5 nitrogen and oxygen atoms in total. The van der Waals surface area contributed by atoms with Crippen LogP contribution < -0.4 is 15.0 Å². The number of hydrogen-bond acceptors (Lipinski definition) is 4. The number of aromatic nitrogens is 2. The van der Waals surface area contributed by atoms with E-state index >= 15 is 0 Å². The van der Waals surface area contributed by atoms with Crippen molar-refractivity contribution in [3.63, 3.8) is 0 Å². The van der Waals surface area contributed by atoms with E-state index < -0.39 is 0 Å². The maximum atomic E-state index is 13.1. The third kappa shape index (κ3) is 3.33. The highest BCUT2D eigenvalue weighted by Crippen LogP contribution is 2.31. The fourth-order valence-electron chi connectivity index (χ4n) is 2.86. The predicted octanol–water partition coefficient (Wildman–Crippen LogP) is 4.18. The van der Waals surface area contributed by atoms with Crippen LogP contribution in [0.3, 0.4) is 0 Å². The van der Waals surface area contributed by atoms with E-state index in [-0.39, 0.29) is 11.6 Å². The van der Waals surface area contributed by atoms with Crippen molar-refractivity contribution >= 4 is 0 Å². The normalized spacial score (nSPS) is 10.8. The van der Waals surface area contributed by atoms with Gasteiger partial charge in [-0.05, 0) is 49.2 Å². The third-order valence-electron chi connectivity index (χ3n) is 4.27. The van der Waals surface area contributed by atoms with E-state index in [4.69, 9.17) is 9.47 Å². The van der Waals surface area contributed by atoms with Gasteiger partial charge in [0.2, 0.25) is 0 Å². The van der Waals surface area contributed by atoms with Gasteiger partial charge in [-0.2, -0.15) is 5.10 Å². The van der Waals surface area contributed by atoms with Crippen molar-refractivity contribution in [3.8, 4) is 33.8 Å². The monoisotopic (exact) mass is 350 g/mol. The summed E-state index contributed by atoms with van der Waals surface area (Å²) in [5.41, 5.74) is 3.05. The molecule has 0 amide bonds. The fraction of sp³-hybridized carbons (Fsp3) is 0.238. The van der Waals surface area contributed by atoms with Crippen molar-refractivity contribution in [2.24, 2.45) is 0 Å². The van der Waals surface area contributed by atoms with Crippen molar-refractivity contribution < 1.29 is 9.47 Å². The lowest BCUT2D eigenvalue weighted by atomic mass is 9.97. The predicted molar refractivity (Wildman–Crippen MR) is 103 cm³/mol. The van der Waals surface area contributed by atoms with Crippen molar-refractivity contribution in [2.75, 3.05) is 14.2 Å². The van der Waals surface area contributed by atoms with Crippen molar-refractivity contribution in [3.05, 3.63) is 65.1 Å². The molecule has 5 heteroatoms. The lowest BCUT2D eigenvalue weighted by molar-refractivity contribution is 0.414. The molecule has 0 spiro atoms. The Labute approximate surface area is 152 Å². The van der Waals surface area contributed by atoms with Crippen LogP contribution in [0, 0.1) is 0 Å². The van der Waals surface area contributed by atoms with Crippen LogP contribution in [0.4, 0.5) is 0 Å². The first kappa shape index (κ1) is 17.7. The summed E-state index contributed by atoms with van der Waals surface area (Å²) in [4.78, 5) is 13.1. The van der Waals surface area contributed by atoms with Gasteiger partial charge in [0.05, 0.1) is 32.0 Å². The maximum absolute atomic E-state index is 13.1. The van der Waals surface area contributed by atoms with Crippen LogP contribution >= 0.6 is 0 Å². The standard InChI is InChI=1S/C21H22N2O3/c1-14(2)23-21(24)20(16-7-11-18(26-4)12-8-16)19(13-22-23)15-5-9-17(25-3)10-6-15/h5-14H,1-4H3. The summed E-state index contributed by atoms with van der Waals surface area (Å²) in [7, 11) is 3.25. The maximum Gasteiger partial charge on any atom is 0.275 e. The van der Waals surface area contributed by atoms with Crippen LogP contribution in [0.5, 0.6) is 11.5 Å². The van der Waals surface area contributed by atoms with Crippen LogP contribution in [0.2, 0.25) is 0 Å². The molecule has 0 radical (unpaired) electrons. The lowest BCUT2D eigenvalue weighted by Crippen LogP contribution is -2.26. The van der Waals surface area contributed by atoms with E-state index in [1.165, 1.54) is 4.68 Å². The molecule has 26 heavy (non-hydrogen) atoms. The second-order valence-electron chi connectivity index (χ2n) is 6.23. The molecule has 0 atom stereocenters. The third-order valence-corrected chi connectivity index (χ3v) is 4.27. The summed E-state index contributed by atoms with van der Waals surface area (Å²) >= 11 is 0. The van der Waals surface area contributed by atoms with Gasteiger partial charge in [0.25, 0.3) is 5.56 Å². The minimum Gasteiger partial charge on any atom is -0.497 e. The Balaban J connectivity index is 2.22. The van der Waals surface area contributed by atoms with Crippen molar-refractivity contribution in [2.45, 2.75) is 19.9 Å². The first-order chi connectivity index (χ1) is 12.5. The molecule has 0 unspecified atom stereocenters. The second-order valence-corrected chi connectivity index (χ2v) is 6.23. The van der Waals surface area contributed by atoms with Gasteiger partial charge in [0.1, 0.15) is 11.5 Å². The molecule has 0 aliphatic rings. The molecule has 0 N–H and O–H groups in total. The number of nitrogens with zero attached hydrogens (tertiary/aromatic N) is 2. The summed E-state index contributed by atoms with van der Waals surface area (Å²) in [6.07, 6.45) is 1.75. The summed E-state index contributed by atoms with van der Waals surface area (Å²) in [6, 6.07) is 15.1. The molecule has 0 saturated carbocycles. The molecule has 2 aromatic carbocycles. The summed E-state index contributed by atoms with van der Waals surface area (Å²) < 4.78 is 12.0. The van der Waals surface area contributed by atoms with E-state index in [9.17, 15) is 4.79 Å². The highest BCUT2D eigenvalue weighted by molar-refractivity contribution is 5.82. The zero-order valence-electron chi connectivity index (χ0n) is 15.4. The minimum atomic E-state index is -0.113. The lowest BCUT2D eigenvalue weighted by Gasteiger charge is -2.15.